The molecule has 2 aliphatic rings. The first-order valence-corrected chi connectivity index (χ1v) is 9.56. The van der Waals surface area contributed by atoms with Gasteiger partial charge in [0.2, 0.25) is 0 Å². The lowest BCUT2D eigenvalue weighted by molar-refractivity contribution is 0.113. The number of fused-ring (bicyclic) bond motifs is 1. The van der Waals surface area contributed by atoms with Gasteiger partial charge in [-0.05, 0) is 55.7 Å². The SMILES string of the molecule is C=C/C=C(\C=C/C)CN1CCCCC1NNC1Cc2ccccc2C1. The summed E-state index contributed by atoms with van der Waals surface area (Å²) in [6.07, 6.45) is 14.7. The quantitative estimate of drug-likeness (QED) is 0.586. The largest absolute Gasteiger partial charge is 0.283 e. The number of nitrogens with one attached hydrogen (secondary N) is 2. The van der Waals surface area contributed by atoms with Gasteiger partial charge in [0.25, 0.3) is 0 Å². The molecule has 0 spiro atoms. The van der Waals surface area contributed by atoms with Gasteiger partial charge in [0.05, 0.1) is 6.17 Å². The van der Waals surface area contributed by atoms with Crippen LogP contribution >= 0.6 is 0 Å². The van der Waals surface area contributed by atoms with E-state index in [9.17, 15) is 0 Å². The number of rotatable bonds is 7. The Morgan fingerprint density at radius 1 is 1.20 bits per heavy atom. The van der Waals surface area contributed by atoms with Crippen LogP contribution in [0.25, 0.3) is 0 Å². The molecule has 1 saturated heterocycles. The Morgan fingerprint density at radius 3 is 2.64 bits per heavy atom. The molecule has 3 rings (SSSR count). The van der Waals surface area contributed by atoms with E-state index in [-0.39, 0.29) is 0 Å². The minimum absolute atomic E-state index is 0.399. The number of nitrogens with zero attached hydrogens (tertiary/aromatic N) is 1. The van der Waals surface area contributed by atoms with Crippen molar-refractivity contribution in [3.8, 4) is 0 Å². The summed E-state index contributed by atoms with van der Waals surface area (Å²) in [7, 11) is 0. The van der Waals surface area contributed by atoms with E-state index in [0.29, 0.717) is 12.2 Å². The average Bonchev–Trinajstić information content (AvgIpc) is 3.04. The van der Waals surface area contributed by atoms with E-state index >= 15 is 0 Å². The first-order valence-electron chi connectivity index (χ1n) is 9.56. The predicted molar refractivity (Wildman–Crippen MR) is 106 cm³/mol. The third-order valence-electron chi connectivity index (χ3n) is 5.22. The minimum Gasteiger partial charge on any atom is -0.283 e. The summed E-state index contributed by atoms with van der Waals surface area (Å²) in [5.74, 6) is 0. The second-order valence-corrected chi connectivity index (χ2v) is 7.12. The lowest BCUT2D eigenvalue weighted by Gasteiger charge is -2.37. The van der Waals surface area contributed by atoms with Gasteiger partial charge in [-0.2, -0.15) is 0 Å². The Balaban J connectivity index is 1.55. The van der Waals surface area contributed by atoms with Gasteiger partial charge in [0, 0.05) is 19.1 Å². The van der Waals surface area contributed by atoms with Gasteiger partial charge in [0.15, 0.2) is 0 Å². The monoisotopic (exact) mass is 337 g/mol. The van der Waals surface area contributed by atoms with E-state index in [2.05, 4.69) is 71.7 Å². The molecule has 25 heavy (non-hydrogen) atoms. The van der Waals surface area contributed by atoms with E-state index < -0.39 is 0 Å². The van der Waals surface area contributed by atoms with Crippen molar-refractivity contribution in [2.45, 2.75) is 51.2 Å². The summed E-state index contributed by atoms with van der Waals surface area (Å²) < 4.78 is 0. The van der Waals surface area contributed by atoms with Crippen molar-refractivity contribution < 1.29 is 0 Å². The molecule has 3 nitrogen and oxygen atoms in total. The van der Waals surface area contributed by atoms with Crippen LogP contribution in [0.2, 0.25) is 0 Å². The van der Waals surface area contributed by atoms with E-state index in [4.69, 9.17) is 0 Å². The molecular weight excluding hydrogens is 306 g/mol. The Bertz CT molecular complexity index is 607. The Hall–Kier alpha value is -1.68. The molecule has 2 N–H and O–H groups in total. The van der Waals surface area contributed by atoms with E-state index in [1.807, 2.05) is 6.08 Å². The molecule has 0 bridgehead atoms. The van der Waals surface area contributed by atoms with Gasteiger partial charge in [-0.15, -0.1) is 0 Å². The summed E-state index contributed by atoms with van der Waals surface area (Å²) in [4.78, 5) is 2.55. The lowest BCUT2D eigenvalue weighted by Crippen LogP contribution is -2.56. The molecule has 134 valence electrons. The number of piperidine rings is 1. The fraction of sp³-hybridized carbons (Fsp3) is 0.455. The van der Waals surface area contributed by atoms with Crippen molar-refractivity contribution in [2.75, 3.05) is 13.1 Å². The average molecular weight is 338 g/mol. The van der Waals surface area contributed by atoms with Crippen LogP contribution in [0.15, 0.2) is 60.7 Å². The van der Waals surface area contributed by atoms with Gasteiger partial charge in [-0.3, -0.25) is 10.3 Å². The maximum absolute atomic E-state index is 3.85. The normalized spacial score (nSPS) is 22.4. The van der Waals surface area contributed by atoms with Crippen molar-refractivity contribution in [1.29, 1.82) is 0 Å². The number of likely N-dealkylation sites (tertiary alicyclic amines) is 1. The Labute approximate surface area is 152 Å². The highest BCUT2D eigenvalue weighted by Gasteiger charge is 2.25. The molecule has 3 heteroatoms. The maximum atomic E-state index is 3.85. The molecule has 1 fully saturated rings. The van der Waals surface area contributed by atoms with Crippen molar-refractivity contribution >= 4 is 0 Å². The van der Waals surface area contributed by atoms with Crippen LogP contribution in [0.1, 0.15) is 37.3 Å². The molecule has 0 amide bonds. The highest BCUT2D eigenvalue weighted by atomic mass is 15.5. The molecule has 0 radical (unpaired) electrons. The van der Waals surface area contributed by atoms with Gasteiger partial charge in [-0.1, -0.05) is 55.1 Å². The standard InChI is InChI=1S/C22H31N3/c1-3-9-18(10-4-2)17-25-14-8-7-13-22(25)24-23-21-15-19-11-5-6-12-20(19)16-21/h3-6,9-12,21-24H,1,7-8,13-17H2,2H3/b10-4-,18-9+. The highest BCUT2D eigenvalue weighted by Crippen LogP contribution is 2.22. The summed E-state index contributed by atoms with van der Waals surface area (Å²) in [6.45, 7) is 8.04. The summed E-state index contributed by atoms with van der Waals surface area (Å²) in [5.41, 5.74) is 11.6. The number of hydrogen-bond acceptors (Lipinski definition) is 3. The van der Waals surface area contributed by atoms with Crippen molar-refractivity contribution in [3.05, 3.63) is 71.8 Å². The number of benzene rings is 1. The minimum atomic E-state index is 0.399. The number of hydrogen-bond donors (Lipinski definition) is 2. The van der Waals surface area contributed by atoms with Crippen LogP contribution in [0.5, 0.6) is 0 Å². The van der Waals surface area contributed by atoms with E-state index in [1.165, 1.54) is 36.0 Å². The van der Waals surface area contributed by atoms with Crippen molar-refractivity contribution in [1.82, 2.24) is 15.8 Å². The van der Waals surface area contributed by atoms with Crippen LogP contribution in [0, 0.1) is 0 Å². The molecular formula is C22H31N3. The fourth-order valence-corrected chi connectivity index (χ4v) is 3.98. The molecule has 1 heterocycles. The zero-order valence-corrected chi connectivity index (χ0v) is 15.4. The molecule has 1 aliphatic heterocycles. The van der Waals surface area contributed by atoms with Gasteiger partial charge in [-0.25, -0.2) is 5.43 Å². The Morgan fingerprint density at radius 2 is 1.96 bits per heavy atom. The number of allylic oxidation sites excluding steroid dienone is 3. The first kappa shape index (κ1) is 18.1. The smallest absolute Gasteiger partial charge is 0.0731 e. The molecule has 1 aromatic carbocycles. The molecule has 1 aliphatic carbocycles. The molecule has 0 saturated carbocycles. The second-order valence-electron chi connectivity index (χ2n) is 7.12. The summed E-state index contributed by atoms with van der Waals surface area (Å²) in [6, 6.07) is 9.30. The van der Waals surface area contributed by atoms with Gasteiger partial charge in [0.1, 0.15) is 0 Å². The molecule has 0 aromatic heterocycles. The van der Waals surface area contributed by atoms with Crippen LogP contribution in [-0.4, -0.2) is 30.2 Å². The third-order valence-corrected chi connectivity index (χ3v) is 5.22. The topological polar surface area (TPSA) is 27.3 Å². The summed E-state index contributed by atoms with van der Waals surface area (Å²) >= 11 is 0. The zero-order chi connectivity index (χ0) is 17.5. The molecule has 1 atom stereocenters. The zero-order valence-electron chi connectivity index (χ0n) is 15.4. The van der Waals surface area contributed by atoms with Gasteiger partial charge >= 0.3 is 0 Å². The molecule has 1 aromatic rings. The van der Waals surface area contributed by atoms with E-state index in [0.717, 1.165) is 25.9 Å². The fourth-order valence-electron chi connectivity index (χ4n) is 3.98. The van der Waals surface area contributed by atoms with E-state index in [1.54, 1.807) is 0 Å². The predicted octanol–water partition coefficient (Wildman–Crippen LogP) is 3.75. The van der Waals surface area contributed by atoms with Gasteiger partial charge < -0.3 is 0 Å². The second kappa shape index (κ2) is 9.14. The maximum Gasteiger partial charge on any atom is 0.0731 e. The van der Waals surface area contributed by atoms with Crippen molar-refractivity contribution in [2.24, 2.45) is 0 Å². The van der Waals surface area contributed by atoms with Crippen LogP contribution < -0.4 is 10.9 Å². The van der Waals surface area contributed by atoms with Crippen LogP contribution in [-0.2, 0) is 12.8 Å². The summed E-state index contributed by atoms with van der Waals surface area (Å²) in [5, 5.41) is 0. The van der Waals surface area contributed by atoms with Crippen LogP contribution in [0.4, 0.5) is 0 Å². The van der Waals surface area contributed by atoms with Crippen molar-refractivity contribution in [3.63, 3.8) is 0 Å². The number of hydrazine groups is 1. The Kier molecular flexibility index (Phi) is 6.62. The van der Waals surface area contributed by atoms with Crippen LogP contribution in [0.3, 0.4) is 0 Å². The third kappa shape index (κ3) is 4.91. The highest BCUT2D eigenvalue weighted by molar-refractivity contribution is 5.33. The first-order chi connectivity index (χ1) is 12.3. The lowest BCUT2D eigenvalue weighted by atomic mass is 10.1. The molecule has 1 unspecified atom stereocenters.